The first-order chi connectivity index (χ1) is 39.8. The molecule has 12 rings (SSSR count). The zero-order chi connectivity index (χ0) is 60.3. The van der Waals surface area contributed by atoms with E-state index in [1.165, 1.54) is 0 Å². The van der Waals surface area contributed by atoms with Gasteiger partial charge in [-0.15, -0.1) is 11.3 Å². The Kier molecular flexibility index (Phi) is 4.55. The van der Waals surface area contributed by atoms with Gasteiger partial charge in [-0.3, -0.25) is 4.98 Å². The van der Waals surface area contributed by atoms with Crippen molar-refractivity contribution in [3.8, 4) is 65.5 Å². The second-order valence-electron chi connectivity index (χ2n) is 13.9. The minimum Gasteiger partial charge on any atom is -0.254 e. The predicted octanol–water partition coefficient (Wildman–Crippen LogP) is 16.3. The van der Waals surface area contributed by atoms with E-state index in [1.54, 1.807) is 36.5 Å². The molecular weight excluding hydrogens is 757 g/mol. The summed E-state index contributed by atoms with van der Waals surface area (Å²) in [6, 6.07) is 2.00. The maximum absolute atomic E-state index is 10.00. The van der Waals surface area contributed by atoms with E-state index < -0.39 is 204 Å². The van der Waals surface area contributed by atoms with Gasteiger partial charge in [0.2, 0.25) is 0 Å². The average Bonchev–Trinajstić information content (AvgIpc) is 1.47. The molecule has 3 aromatic heterocycles. The van der Waals surface area contributed by atoms with Gasteiger partial charge in [0.05, 0.1) is 48.3 Å². The van der Waals surface area contributed by atoms with Gasteiger partial charge >= 0.3 is 0 Å². The van der Waals surface area contributed by atoms with E-state index in [2.05, 4.69) is 4.98 Å². The largest absolute Gasteiger partial charge is 0.254 e. The minimum atomic E-state index is -0.963. The second-order valence-corrected chi connectivity index (χ2v) is 14.9. The topological polar surface area (TPSA) is 25.8 Å². The lowest BCUT2D eigenvalue weighted by Crippen LogP contribution is -1.91. The van der Waals surface area contributed by atoms with Crippen molar-refractivity contribution in [1.29, 1.82) is 0 Å². The minimum absolute atomic E-state index is 0.204. The van der Waals surface area contributed by atoms with Gasteiger partial charge in [0.25, 0.3) is 0 Å². The molecule has 9 aromatic carbocycles. The van der Waals surface area contributed by atoms with Gasteiger partial charge < -0.3 is 0 Å². The van der Waals surface area contributed by atoms with Crippen LogP contribution in [0.15, 0.2) is 218 Å². The molecule has 0 radical (unpaired) electrons. The fourth-order valence-corrected chi connectivity index (χ4v) is 9.10. The van der Waals surface area contributed by atoms with Gasteiger partial charge in [-0.2, -0.15) is 0 Å². The molecule has 12 aromatic rings. The maximum Gasteiger partial charge on any atom is 0.0972 e. The Morgan fingerprint density at radius 3 is 1.72 bits per heavy atom. The number of rotatable bonds is 6. The Bertz CT molecular complexity index is 4930. The van der Waals surface area contributed by atoms with Crippen molar-refractivity contribution in [2.24, 2.45) is 0 Å². The monoisotopic (exact) mass is 815 g/mol. The molecule has 3 heteroatoms. The zero-order valence-corrected chi connectivity index (χ0v) is 32.1. The van der Waals surface area contributed by atoms with Crippen LogP contribution >= 0.6 is 11.3 Å². The Morgan fingerprint density at radius 1 is 0.377 bits per heavy atom. The standard InChI is InChI=1S/C58H36N2S/c1-3-14-38(15-4-1)53-54(39-16-5-2-6-17-39)58(51-36-43-18-7-8-20-44(43)46-21-10-12-24-49(46)51)61-57(53)42-29-25-37(26-30-42)45-32-33-50(48-23-11-9-22-47(45)48)52-34-31-41-28-27-40-19-13-35-59-55(40)56(41)60-52/h1-36H/i1D,2D,3D,4D,5D,6D,7D,8D,10D,12D,14D,15D,16D,17D,18D,20D,21D,24D,25D,26D,29D,30D,36D. The molecule has 284 valence electrons. The first kappa shape index (κ1) is 19.1. The highest BCUT2D eigenvalue weighted by Crippen LogP contribution is 2.54. The zero-order valence-electron chi connectivity index (χ0n) is 54.3. The van der Waals surface area contributed by atoms with Gasteiger partial charge in [-0.1, -0.05) is 194 Å². The van der Waals surface area contributed by atoms with Gasteiger partial charge in [0, 0.05) is 49.0 Å². The van der Waals surface area contributed by atoms with Crippen LogP contribution in [0, 0.1) is 0 Å². The van der Waals surface area contributed by atoms with Crippen molar-refractivity contribution in [2.45, 2.75) is 0 Å². The van der Waals surface area contributed by atoms with Crippen LogP contribution in [0.4, 0.5) is 0 Å². The molecule has 0 aliphatic heterocycles. The molecule has 0 bridgehead atoms. The second kappa shape index (κ2) is 14.5. The number of benzene rings is 9. The van der Waals surface area contributed by atoms with Crippen LogP contribution in [-0.4, -0.2) is 9.97 Å². The average molecular weight is 816 g/mol. The van der Waals surface area contributed by atoms with Crippen molar-refractivity contribution >= 4 is 65.5 Å². The lowest BCUT2D eigenvalue weighted by molar-refractivity contribution is 1.37. The van der Waals surface area contributed by atoms with E-state index in [9.17, 15) is 15.1 Å². The number of fused-ring (bicyclic) bond motifs is 7. The number of thiophene rings is 1. The number of nitrogens with zero attached hydrogens (tertiary/aromatic N) is 2. The van der Waals surface area contributed by atoms with E-state index in [4.69, 9.17) is 21.4 Å². The molecule has 0 atom stereocenters. The summed E-state index contributed by atoms with van der Waals surface area (Å²) in [5, 5.41) is 0.619. The van der Waals surface area contributed by atoms with E-state index in [0.717, 1.165) is 10.8 Å². The first-order valence-corrected chi connectivity index (χ1v) is 19.7. The molecule has 0 aliphatic carbocycles. The Morgan fingerprint density at radius 2 is 0.967 bits per heavy atom. The highest BCUT2D eigenvalue weighted by atomic mass is 32.1. The van der Waals surface area contributed by atoms with Crippen LogP contribution in [-0.2, 0) is 0 Å². The van der Waals surface area contributed by atoms with Crippen molar-refractivity contribution in [3.63, 3.8) is 0 Å². The van der Waals surface area contributed by atoms with E-state index >= 15 is 0 Å². The van der Waals surface area contributed by atoms with Crippen LogP contribution in [0.5, 0.6) is 0 Å². The summed E-state index contributed by atoms with van der Waals surface area (Å²) < 4.78 is 212. The van der Waals surface area contributed by atoms with Crippen molar-refractivity contribution < 1.29 is 31.5 Å². The van der Waals surface area contributed by atoms with Gasteiger partial charge in [0.15, 0.2) is 0 Å². The molecule has 0 fully saturated rings. The molecule has 0 amide bonds. The maximum atomic E-state index is 10.00. The molecule has 3 heterocycles. The molecule has 0 spiro atoms. The van der Waals surface area contributed by atoms with Gasteiger partial charge in [-0.05, 0) is 78.3 Å². The molecule has 61 heavy (non-hydrogen) atoms. The van der Waals surface area contributed by atoms with Crippen LogP contribution in [0.1, 0.15) is 31.5 Å². The van der Waals surface area contributed by atoms with E-state index in [0.29, 0.717) is 44.4 Å². The third kappa shape index (κ3) is 5.93. The van der Waals surface area contributed by atoms with Crippen LogP contribution in [0.25, 0.3) is 120 Å². The summed E-state index contributed by atoms with van der Waals surface area (Å²) in [7, 11) is 0. The lowest BCUT2D eigenvalue weighted by Gasteiger charge is -2.14. The highest BCUT2D eigenvalue weighted by molar-refractivity contribution is 7.20. The molecule has 2 nitrogen and oxygen atoms in total. The summed E-state index contributed by atoms with van der Waals surface area (Å²) in [4.78, 5) is 8.65. The number of aromatic nitrogens is 2. The third-order valence-corrected chi connectivity index (χ3v) is 11.7. The predicted molar refractivity (Wildman–Crippen MR) is 260 cm³/mol. The third-order valence-electron chi connectivity index (χ3n) is 10.5. The van der Waals surface area contributed by atoms with Crippen molar-refractivity contribution in [2.75, 3.05) is 0 Å². The Balaban J connectivity index is 1.25. The number of hydrogen-bond acceptors (Lipinski definition) is 3. The molecule has 0 unspecified atom stereocenters. The quantitative estimate of drug-likeness (QED) is 0.156. The molecule has 0 saturated heterocycles. The van der Waals surface area contributed by atoms with Crippen LogP contribution in [0.2, 0.25) is 0 Å². The van der Waals surface area contributed by atoms with Gasteiger partial charge in [0.1, 0.15) is 0 Å². The fraction of sp³-hybridized carbons (Fsp3) is 0. The summed E-state index contributed by atoms with van der Waals surface area (Å²) in [5.74, 6) is 0. The van der Waals surface area contributed by atoms with Crippen molar-refractivity contribution in [3.05, 3.63) is 218 Å². The van der Waals surface area contributed by atoms with E-state index in [1.807, 2.05) is 42.5 Å². The fourth-order valence-electron chi connectivity index (χ4n) is 7.82. The normalized spacial score (nSPS) is 16.9. The smallest absolute Gasteiger partial charge is 0.0972 e. The molecule has 0 N–H and O–H groups in total. The van der Waals surface area contributed by atoms with Gasteiger partial charge in [-0.25, -0.2) is 4.98 Å². The lowest BCUT2D eigenvalue weighted by atomic mass is 9.89. The first-order valence-electron chi connectivity index (χ1n) is 30.4. The molecule has 0 aliphatic rings. The summed E-state index contributed by atoms with van der Waals surface area (Å²) in [6.45, 7) is 0. The van der Waals surface area contributed by atoms with Crippen LogP contribution in [0.3, 0.4) is 0 Å². The molecular formula is C58H36N2S. The molecule has 0 saturated carbocycles. The number of hydrogen-bond donors (Lipinski definition) is 0. The summed E-state index contributed by atoms with van der Waals surface area (Å²) >= 11 is 0.424. The summed E-state index contributed by atoms with van der Waals surface area (Å²) in [6.07, 6.45) is 1.68. The SMILES string of the molecule is [2H]c1c([2H])c([2H])c(-c2c(-c3c([2H])c([2H])c(-c4ccc(-c5ccc6ccc7cccnc7c6n5)c5ccccc45)c([2H])c3[2H])sc(-c3c([2H])c4c([2H])c([2H])c([2H])c([2H])c4c4c([2H])c([2H])c([2H])c([2H])c34)c2-c2c([2H])c([2H])c([2H])c([2H])c2[2H])c([2H])c1[2H]. The van der Waals surface area contributed by atoms with Crippen LogP contribution < -0.4 is 0 Å². The number of pyridine rings is 2. The summed E-state index contributed by atoms with van der Waals surface area (Å²) in [5.41, 5.74) is -1.39. The van der Waals surface area contributed by atoms with Crippen molar-refractivity contribution in [1.82, 2.24) is 9.97 Å². The van der Waals surface area contributed by atoms with E-state index in [-0.39, 0.29) is 11.1 Å². The Labute approximate surface area is 390 Å². The Hall–Kier alpha value is -7.72. The highest BCUT2D eigenvalue weighted by Gasteiger charge is 2.25.